The van der Waals surface area contributed by atoms with Crippen LogP contribution in [0.25, 0.3) is 44.5 Å². The first-order valence-corrected chi connectivity index (χ1v) is 27.6. The minimum absolute atomic E-state index is 0.0846. The van der Waals surface area contributed by atoms with E-state index in [2.05, 4.69) is 307 Å². The van der Waals surface area contributed by atoms with Gasteiger partial charge in [0.25, 0.3) is 0 Å². The fourth-order valence-corrected chi connectivity index (χ4v) is 13.4. The predicted molar refractivity (Wildman–Crippen MR) is 324 cm³/mol. The first-order valence-electron chi connectivity index (χ1n) is 27.6. The topological polar surface area (TPSA) is 12.5 Å². The second-order valence-corrected chi connectivity index (χ2v) is 23.6. The van der Waals surface area contributed by atoms with Gasteiger partial charge in [0.05, 0.1) is 16.5 Å². The maximum atomic E-state index is 7.18. The van der Waals surface area contributed by atoms with E-state index < -0.39 is 10.8 Å². The largest absolute Gasteiger partial charge is 0.457 e. The van der Waals surface area contributed by atoms with Gasteiger partial charge in [0.15, 0.2) is 0 Å². The van der Waals surface area contributed by atoms with Gasteiger partial charge >= 0.3 is 0 Å². The molecular formula is C76H61NO. The third-order valence-corrected chi connectivity index (χ3v) is 17.2. The summed E-state index contributed by atoms with van der Waals surface area (Å²) in [5.41, 5.74) is 23.9. The molecule has 0 bridgehead atoms. The molecule has 11 aromatic carbocycles. The van der Waals surface area contributed by atoms with Crippen molar-refractivity contribution in [2.75, 3.05) is 4.90 Å². The minimum Gasteiger partial charge on any atom is -0.457 e. The molecule has 0 unspecified atom stereocenters. The number of hydrogen-bond acceptors (Lipinski definition) is 2. The molecule has 1 aliphatic heterocycles. The second-order valence-electron chi connectivity index (χ2n) is 23.6. The van der Waals surface area contributed by atoms with Crippen molar-refractivity contribution >= 4 is 17.1 Å². The van der Waals surface area contributed by atoms with Crippen molar-refractivity contribution in [1.29, 1.82) is 0 Å². The Balaban J connectivity index is 1.06. The number of nitrogens with zero attached hydrogens (tertiary/aromatic N) is 1. The summed E-state index contributed by atoms with van der Waals surface area (Å²) in [5.74, 6) is 1.75. The lowest BCUT2D eigenvalue weighted by Gasteiger charge is -2.41. The van der Waals surface area contributed by atoms with Gasteiger partial charge in [-0.2, -0.15) is 0 Å². The van der Waals surface area contributed by atoms with E-state index >= 15 is 0 Å². The van der Waals surface area contributed by atoms with Crippen LogP contribution in [0.3, 0.4) is 0 Å². The summed E-state index contributed by atoms with van der Waals surface area (Å²) in [7, 11) is 0. The SMILES string of the molecule is CC(C)(C)c1ccc2c(c1)C1(c3ccccc3Oc3ccc(N(c4ccc5c(c4)C(c4ccccc4)(c4ccccc4)c4ccccc4-5)c4ccccc4-c4ccc(-c5ccccc5)cc4)cc31)c1cc(C(C)(C)C)ccc1-2. The van der Waals surface area contributed by atoms with Crippen LogP contribution < -0.4 is 9.64 Å². The lowest BCUT2D eigenvalue weighted by molar-refractivity contribution is 0.436. The lowest BCUT2D eigenvalue weighted by Crippen LogP contribution is -2.33. The van der Waals surface area contributed by atoms with Crippen LogP contribution in [-0.4, -0.2) is 0 Å². The summed E-state index contributed by atoms with van der Waals surface area (Å²) < 4.78 is 7.18. The summed E-state index contributed by atoms with van der Waals surface area (Å²) in [5, 5.41) is 0. The normalized spacial score (nSPS) is 14.1. The fourth-order valence-electron chi connectivity index (χ4n) is 13.4. The molecule has 0 atom stereocenters. The Kier molecular flexibility index (Phi) is 10.8. The molecule has 2 aliphatic carbocycles. The van der Waals surface area contributed by atoms with Gasteiger partial charge in [-0.15, -0.1) is 0 Å². The zero-order valence-electron chi connectivity index (χ0n) is 45.2. The molecule has 2 nitrogen and oxygen atoms in total. The minimum atomic E-state index is -0.707. The maximum Gasteiger partial charge on any atom is 0.132 e. The number of rotatable bonds is 7. The van der Waals surface area contributed by atoms with Gasteiger partial charge in [0.2, 0.25) is 0 Å². The molecule has 0 saturated heterocycles. The average molecular weight is 1000 g/mol. The van der Waals surface area contributed by atoms with Crippen LogP contribution in [-0.2, 0) is 21.7 Å². The molecular weight excluding hydrogens is 943 g/mol. The molecule has 376 valence electrons. The highest BCUT2D eigenvalue weighted by molar-refractivity contribution is 5.95. The quantitative estimate of drug-likeness (QED) is 0.158. The number of fused-ring (bicyclic) bond motifs is 12. The molecule has 3 aliphatic rings. The molecule has 0 fully saturated rings. The van der Waals surface area contributed by atoms with E-state index in [0.717, 1.165) is 50.8 Å². The molecule has 78 heavy (non-hydrogen) atoms. The van der Waals surface area contributed by atoms with Crippen LogP contribution in [0, 0.1) is 0 Å². The van der Waals surface area contributed by atoms with Crippen LogP contribution in [0.15, 0.2) is 261 Å². The molecule has 0 amide bonds. The van der Waals surface area contributed by atoms with Crippen molar-refractivity contribution in [2.45, 2.75) is 63.2 Å². The Morgan fingerprint density at radius 3 is 1.32 bits per heavy atom. The molecule has 0 saturated carbocycles. The summed E-state index contributed by atoms with van der Waals surface area (Å²) in [6.07, 6.45) is 0. The van der Waals surface area contributed by atoms with Crippen LogP contribution in [0.4, 0.5) is 17.1 Å². The Hall–Kier alpha value is -8.98. The summed E-state index contributed by atoms with van der Waals surface area (Å²) in [6.45, 7) is 14.0. The number of ether oxygens (including phenoxy) is 1. The number of anilines is 3. The number of benzene rings is 11. The standard InChI is InChI=1S/C76H61NO/c1-73(2,3)55-38-42-61-62-43-39-56(74(4,5)6)47-67(62)76(66(61)46-55)65-31-19-21-33-71(65)78-72-45-41-58(49-69(72)76)77(70-32-20-17-28-59(70)52-36-34-51(35-37-52)50-22-10-7-11-23-50)57-40-44-63-60-29-16-18-30-64(60)75(68(63)48-57,53-24-12-8-13-25-53)54-26-14-9-15-27-54/h7-49H,1-6H3. The summed E-state index contributed by atoms with van der Waals surface area (Å²) in [6, 6.07) is 97.5. The van der Waals surface area contributed by atoms with Gasteiger partial charge in [0, 0.05) is 28.1 Å². The van der Waals surface area contributed by atoms with Gasteiger partial charge in [-0.3, -0.25) is 0 Å². The monoisotopic (exact) mass is 1000 g/mol. The molecule has 0 N–H and O–H groups in total. The first kappa shape index (κ1) is 47.5. The van der Waals surface area contributed by atoms with E-state index in [0.29, 0.717) is 0 Å². The smallest absolute Gasteiger partial charge is 0.132 e. The zero-order chi connectivity index (χ0) is 53.0. The molecule has 14 rings (SSSR count). The Bertz CT molecular complexity index is 4020. The van der Waals surface area contributed by atoms with Gasteiger partial charge in [-0.25, -0.2) is 0 Å². The van der Waals surface area contributed by atoms with Crippen LogP contribution in [0.1, 0.15) is 97.2 Å². The molecule has 11 aromatic rings. The van der Waals surface area contributed by atoms with E-state index in [1.807, 2.05) is 0 Å². The third-order valence-electron chi connectivity index (χ3n) is 17.2. The van der Waals surface area contributed by atoms with Gasteiger partial charge in [-0.1, -0.05) is 260 Å². The van der Waals surface area contributed by atoms with E-state index in [-0.39, 0.29) is 10.8 Å². The van der Waals surface area contributed by atoms with Crippen LogP contribution in [0.5, 0.6) is 11.5 Å². The van der Waals surface area contributed by atoms with Gasteiger partial charge in [-0.05, 0) is 137 Å². The van der Waals surface area contributed by atoms with Crippen molar-refractivity contribution in [3.05, 3.63) is 316 Å². The number of para-hydroxylation sites is 2. The van der Waals surface area contributed by atoms with Gasteiger partial charge in [0.1, 0.15) is 11.5 Å². The predicted octanol–water partition coefficient (Wildman–Crippen LogP) is 19.9. The van der Waals surface area contributed by atoms with E-state index in [1.54, 1.807) is 0 Å². The maximum absolute atomic E-state index is 7.18. The lowest BCUT2D eigenvalue weighted by atomic mass is 9.65. The van der Waals surface area contributed by atoms with E-state index in [4.69, 9.17) is 4.74 Å². The zero-order valence-corrected chi connectivity index (χ0v) is 45.2. The Morgan fingerprint density at radius 1 is 0.295 bits per heavy atom. The molecule has 1 heterocycles. The summed E-state index contributed by atoms with van der Waals surface area (Å²) >= 11 is 0. The van der Waals surface area contributed by atoms with E-state index in [1.165, 1.54) is 77.9 Å². The fraction of sp³-hybridized carbons (Fsp3) is 0.132. The van der Waals surface area contributed by atoms with Crippen molar-refractivity contribution < 1.29 is 4.74 Å². The molecule has 0 radical (unpaired) electrons. The van der Waals surface area contributed by atoms with E-state index in [9.17, 15) is 0 Å². The first-order chi connectivity index (χ1) is 37.9. The Labute approximate surface area is 460 Å². The molecule has 0 aromatic heterocycles. The van der Waals surface area contributed by atoms with Crippen molar-refractivity contribution in [3.63, 3.8) is 0 Å². The molecule has 2 heteroatoms. The Morgan fingerprint density at radius 2 is 0.718 bits per heavy atom. The highest BCUT2D eigenvalue weighted by Crippen LogP contribution is 2.64. The highest BCUT2D eigenvalue weighted by atomic mass is 16.5. The highest BCUT2D eigenvalue weighted by Gasteiger charge is 2.52. The summed E-state index contributed by atoms with van der Waals surface area (Å²) in [4.78, 5) is 2.52. The third kappa shape index (κ3) is 7.16. The molecule has 1 spiro atoms. The average Bonchev–Trinajstić information content (AvgIpc) is 3.96. The van der Waals surface area contributed by atoms with Gasteiger partial charge < -0.3 is 9.64 Å². The number of hydrogen-bond donors (Lipinski definition) is 0. The van der Waals surface area contributed by atoms with Crippen LogP contribution >= 0.6 is 0 Å². The second kappa shape index (κ2) is 17.8. The van der Waals surface area contributed by atoms with Crippen molar-refractivity contribution in [2.24, 2.45) is 0 Å². The van der Waals surface area contributed by atoms with Crippen LogP contribution in [0.2, 0.25) is 0 Å². The van der Waals surface area contributed by atoms with Crippen molar-refractivity contribution in [1.82, 2.24) is 0 Å². The van der Waals surface area contributed by atoms with Crippen molar-refractivity contribution in [3.8, 4) is 56.0 Å².